The van der Waals surface area contributed by atoms with E-state index in [4.69, 9.17) is 11.6 Å². The Hall–Kier alpha value is -1.30. The van der Waals surface area contributed by atoms with Gasteiger partial charge in [-0.3, -0.25) is 4.79 Å². The summed E-state index contributed by atoms with van der Waals surface area (Å²) >= 11 is 8.93. The van der Waals surface area contributed by atoms with E-state index in [0.29, 0.717) is 5.75 Å². The van der Waals surface area contributed by atoms with E-state index in [9.17, 15) is 4.79 Å². The number of amides is 1. The van der Waals surface area contributed by atoms with Crippen LogP contribution in [0.3, 0.4) is 0 Å². The number of hydrazone groups is 1. The number of nitrogens with zero attached hydrogens (tertiary/aromatic N) is 1. The zero-order chi connectivity index (χ0) is 14.2. The van der Waals surface area contributed by atoms with Crippen LogP contribution in [0.2, 0.25) is 5.02 Å². The van der Waals surface area contributed by atoms with E-state index in [1.165, 1.54) is 0 Å². The van der Waals surface area contributed by atoms with Crippen LogP contribution in [0.4, 0.5) is 0 Å². The number of thioether (sulfide) groups is 1. The highest BCUT2D eigenvalue weighted by Crippen LogP contribution is 2.15. The van der Waals surface area contributed by atoms with Gasteiger partial charge >= 0.3 is 0 Å². The summed E-state index contributed by atoms with van der Waals surface area (Å²) in [6.07, 6.45) is 1.65. The van der Waals surface area contributed by atoms with Crippen LogP contribution in [0.25, 0.3) is 0 Å². The molecule has 0 aliphatic rings. The highest BCUT2D eigenvalue weighted by atomic mass is 35.5. The summed E-state index contributed by atoms with van der Waals surface area (Å²) in [7, 11) is 0. The number of carbonyl (C=O) groups excluding carboxylic acids is 1. The lowest BCUT2D eigenvalue weighted by atomic mass is 10.2. The highest BCUT2D eigenvalue weighted by molar-refractivity contribution is 7.99. The summed E-state index contributed by atoms with van der Waals surface area (Å²) in [6, 6.07) is 11.5. The van der Waals surface area contributed by atoms with Gasteiger partial charge in [0.15, 0.2) is 0 Å². The summed E-state index contributed by atoms with van der Waals surface area (Å²) in [5.41, 5.74) is 3.66. The minimum Gasteiger partial charge on any atom is -0.272 e. The summed E-state index contributed by atoms with van der Waals surface area (Å²) in [5, 5.41) is 6.59. The van der Waals surface area contributed by atoms with E-state index in [-0.39, 0.29) is 5.91 Å². The molecule has 2 rings (SSSR count). The van der Waals surface area contributed by atoms with Crippen LogP contribution in [0.1, 0.15) is 10.4 Å². The smallest absolute Gasteiger partial charge is 0.250 e. The second-order valence-corrected chi connectivity index (χ2v) is 6.33. The number of thiophene rings is 1. The van der Waals surface area contributed by atoms with E-state index in [1.54, 1.807) is 29.3 Å². The Morgan fingerprint density at radius 2 is 2.15 bits per heavy atom. The SMILES string of the molecule is O=C(CSCc1ccc(Cl)cc1)N/N=C/c1cccs1. The Labute approximate surface area is 131 Å². The number of hydrogen-bond donors (Lipinski definition) is 1. The predicted octanol–water partition coefficient (Wildman–Crippen LogP) is 3.79. The topological polar surface area (TPSA) is 41.5 Å². The molecule has 0 unspecified atom stereocenters. The van der Waals surface area contributed by atoms with Gasteiger partial charge in [0.2, 0.25) is 5.91 Å². The molecule has 1 aromatic carbocycles. The van der Waals surface area contributed by atoms with Gasteiger partial charge < -0.3 is 0 Å². The van der Waals surface area contributed by atoms with Crippen molar-refractivity contribution in [1.82, 2.24) is 5.43 Å². The summed E-state index contributed by atoms with van der Waals surface area (Å²) in [6.45, 7) is 0. The van der Waals surface area contributed by atoms with Crippen molar-refractivity contribution in [3.8, 4) is 0 Å². The van der Waals surface area contributed by atoms with Crippen LogP contribution in [-0.4, -0.2) is 17.9 Å². The van der Waals surface area contributed by atoms with Crippen LogP contribution < -0.4 is 5.43 Å². The van der Waals surface area contributed by atoms with E-state index in [1.807, 2.05) is 41.8 Å². The van der Waals surface area contributed by atoms with Gasteiger partial charge in [-0.25, -0.2) is 5.43 Å². The Kier molecular flexibility index (Phi) is 6.11. The minimum atomic E-state index is -0.100. The van der Waals surface area contributed by atoms with Crippen molar-refractivity contribution in [3.05, 3.63) is 57.2 Å². The number of benzene rings is 1. The van der Waals surface area contributed by atoms with E-state index < -0.39 is 0 Å². The van der Waals surface area contributed by atoms with E-state index >= 15 is 0 Å². The average Bonchev–Trinajstić information content (AvgIpc) is 2.94. The molecule has 3 nitrogen and oxygen atoms in total. The summed E-state index contributed by atoms with van der Waals surface area (Å²) < 4.78 is 0. The normalized spacial score (nSPS) is 10.8. The van der Waals surface area contributed by atoms with Gasteiger partial charge in [0.25, 0.3) is 0 Å². The molecule has 0 aliphatic heterocycles. The fourth-order valence-electron chi connectivity index (χ4n) is 1.41. The number of halogens is 1. The Bertz CT molecular complexity index is 567. The van der Waals surface area contributed by atoms with Crippen molar-refractivity contribution in [1.29, 1.82) is 0 Å². The first-order valence-electron chi connectivity index (χ1n) is 5.91. The third-order valence-corrected chi connectivity index (χ3v) is 4.40. The van der Waals surface area contributed by atoms with Gasteiger partial charge in [0.05, 0.1) is 12.0 Å². The fraction of sp³-hybridized carbons (Fsp3) is 0.143. The molecule has 2 aromatic rings. The molecule has 20 heavy (non-hydrogen) atoms. The number of nitrogens with one attached hydrogen (secondary N) is 1. The first-order chi connectivity index (χ1) is 9.74. The Balaban J connectivity index is 1.66. The molecule has 0 saturated heterocycles. The van der Waals surface area contributed by atoms with E-state index in [0.717, 1.165) is 21.2 Å². The minimum absolute atomic E-state index is 0.100. The zero-order valence-electron chi connectivity index (χ0n) is 10.6. The fourth-order valence-corrected chi connectivity index (χ4v) is 2.90. The molecule has 1 amide bonds. The molecule has 6 heteroatoms. The van der Waals surface area contributed by atoms with Crippen LogP contribution >= 0.6 is 34.7 Å². The van der Waals surface area contributed by atoms with Gasteiger partial charge in [-0.05, 0) is 29.1 Å². The third-order valence-electron chi connectivity index (χ3n) is 2.34. The second kappa shape index (κ2) is 8.09. The van der Waals surface area contributed by atoms with Crippen LogP contribution in [0, 0.1) is 0 Å². The molecule has 1 aromatic heterocycles. The third kappa shape index (κ3) is 5.36. The molecule has 1 heterocycles. The number of hydrogen-bond acceptors (Lipinski definition) is 4. The molecule has 1 N–H and O–H groups in total. The lowest BCUT2D eigenvalue weighted by Crippen LogP contribution is -2.19. The Morgan fingerprint density at radius 1 is 1.35 bits per heavy atom. The molecule has 104 valence electrons. The Morgan fingerprint density at radius 3 is 2.85 bits per heavy atom. The largest absolute Gasteiger partial charge is 0.272 e. The number of carbonyl (C=O) groups is 1. The predicted molar refractivity (Wildman–Crippen MR) is 87.7 cm³/mol. The van der Waals surface area contributed by atoms with Crippen molar-refractivity contribution in [2.75, 3.05) is 5.75 Å². The quantitative estimate of drug-likeness (QED) is 0.649. The highest BCUT2D eigenvalue weighted by Gasteiger charge is 2.00. The van der Waals surface area contributed by atoms with Crippen LogP contribution in [0.15, 0.2) is 46.9 Å². The van der Waals surface area contributed by atoms with Crippen molar-refractivity contribution in [2.24, 2.45) is 5.10 Å². The molecule has 0 fully saturated rings. The monoisotopic (exact) mass is 324 g/mol. The molecule has 0 atom stereocenters. The molecule has 0 radical (unpaired) electrons. The summed E-state index contributed by atoms with van der Waals surface area (Å²) in [4.78, 5) is 12.6. The van der Waals surface area contributed by atoms with Gasteiger partial charge in [-0.1, -0.05) is 29.8 Å². The van der Waals surface area contributed by atoms with Crippen molar-refractivity contribution >= 4 is 46.8 Å². The summed E-state index contributed by atoms with van der Waals surface area (Å²) in [5.74, 6) is 1.06. The second-order valence-electron chi connectivity index (χ2n) is 3.93. The first-order valence-corrected chi connectivity index (χ1v) is 8.33. The van der Waals surface area contributed by atoms with Gasteiger partial charge in [-0.15, -0.1) is 23.1 Å². The van der Waals surface area contributed by atoms with Crippen molar-refractivity contribution in [2.45, 2.75) is 5.75 Å². The maximum Gasteiger partial charge on any atom is 0.250 e. The number of rotatable bonds is 6. The zero-order valence-corrected chi connectivity index (χ0v) is 13.0. The van der Waals surface area contributed by atoms with Gasteiger partial charge in [0, 0.05) is 15.7 Å². The molecule has 0 spiro atoms. The maximum atomic E-state index is 11.6. The molecule has 0 bridgehead atoms. The maximum absolute atomic E-state index is 11.6. The van der Waals surface area contributed by atoms with Crippen LogP contribution in [-0.2, 0) is 10.5 Å². The molecule has 0 aliphatic carbocycles. The van der Waals surface area contributed by atoms with Gasteiger partial charge in [-0.2, -0.15) is 5.10 Å². The molecular weight excluding hydrogens is 312 g/mol. The van der Waals surface area contributed by atoms with Gasteiger partial charge in [0.1, 0.15) is 0 Å². The molecule has 0 saturated carbocycles. The standard InChI is InChI=1S/C14H13ClN2OS2/c15-12-5-3-11(4-6-12)9-19-10-14(18)17-16-8-13-2-1-7-20-13/h1-8H,9-10H2,(H,17,18)/b16-8+. The van der Waals surface area contributed by atoms with Crippen molar-refractivity contribution < 1.29 is 4.79 Å². The lowest BCUT2D eigenvalue weighted by molar-refractivity contribution is -0.118. The lowest BCUT2D eigenvalue weighted by Gasteiger charge is -2.01. The average molecular weight is 325 g/mol. The first kappa shape index (κ1) is 15.1. The van der Waals surface area contributed by atoms with E-state index in [2.05, 4.69) is 10.5 Å². The van der Waals surface area contributed by atoms with Crippen LogP contribution in [0.5, 0.6) is 0 Å². The molecular formula is C14H13ClN2OS2. The van der Waals surface area contributed by atoms with Crippen molar-refractivity contribution in [3.63, 3.8) is 0 Å².